The van der Waals surface area contributed by atoms with Gasteiger partial charge in [-0.2, -0.15) is 0 Å². The molecular formula is C17H18ClN3. The number of fused-ring (bicyclic) bond motifs is 1. The van der Waals surface area contributed by atoms with Crippen molar-refractivity contribution >= 4 is 22.6 Å². The van der Waals surface area contributed by atoms with Crippen LogP contribution in [0.5, 0.6) is 0 Å². The zero-order valence-corrected chi connectivity index (χ0v) is 13.0. The molecule has 108 valence electrons. The number of alkyl halides is 1. The molecule has 0 aliphatic carbocycles. The Bertz CT molecular complexity index is 747. The van der Waals surface area contributed by atoms with E-state index in [4.69, 9.17) is 16.6 Å². The van der Waals surface area contributed by atoms with Gasteiger partial charge in [0.25, 0.3) is 0 Å². The van der Waals surface area contributed by atoms with Crippen molar-refractivity contribution in [1.82, 2.24) is 14.5 Å². The van der Waals surface area contributed by atoms with Gasteiger partial charge in [-0.25, -0.2) is 4.98 Å². The highest BCUT2D eigenvalue weighted by Crippen LogP contribution is 2.25. The van der Waals surface area contributed by atoms with Crippen LogP contribution in [0.1, 0.15) is 29.4 Å². The van der Waals surface area contributed by atoms with Crippen molar-refractivity contribution < 1.29 is 0 Å². The minimum absolute atomic E-state index is 0.110. The molecule has 3 nitrogen and oxygen atoms in total. The maximum Gasteiger partial charge on any atom is 0.127 e. The lowest BCUT2D eigenvalue weighted by Gasteiger charge is -2.10. The lowest BCUT2D eigenvalue weighted by molar-refractivity contribution is 0.660. The largest absolute Gasteiger partial charge is 0.326 e. The van der Waals surface area contributed by atoms with Gasteiger partial charge in [-0.3, -0.25) is 4.98 Å². The number of rotatable bonds is 4. The monoisotopic (exact) mass is 299 g/mol. The predicted octanol–water partition coefficient (Wildman–Crippen LogP) is 4.28. The Kier molecular flexibility index (Phi) is 3.93. The van der Waals surface area contributed by atoms with Crippen LogP contribution in [0.4, 0.5) is 0 Å². The van der Waals surface area contributed by atoms with Crippen molar-refractivity contribution in [2.45, 2.75) is 32.2 Å². The summed E-state index contributed by atoms with van der Waals surface area (Å²) in [7, 11) is 0. The second kappa shape index (κ2) is 5.86. The molecule has 3 rings (SSSR count). The summed E-state index contributed by atoms with van der Waals surface area (Å²) in [5.41, 5.74) is 4.45. The molecule has 2 aromatic heterocycles. The van der Waals surface area contributed by atoms with E-state index >= 15 is 0 Å². The van der Waals surface area contributed by atoms with Gasteiger partial charge in [-0.05, 0) is 43.7 Å². The summed E-state index contributed by atoms with van der Waals surface area (Å²) >= 11 is 6.30. The standard InChI is InChI=1S/C17H18ClN3/c1-12-6-7-16-15(11-12)20-17(13(2)18)21(16)10-8-14-5-3-4-9-19-14/h3-7,9,11,13H,8,10H2,1-2H3. The van der Waals surface area contributed by atoms with Crippen LogP contribution in [0.15, 0.2) is 42.6 Å². The summed E-state index contributed by atoms with van der Waals surface area (Å²) < 4.78 is 2.21. The van der Waals surface area contributed by atoms with Crippen LogP contribution in [0.25, 0.3) is 11.0 Å². The lowest BCUT2D eigenvalue weighted by Crippen LogP contribution is -2.07. The number of halogens is 1. The van der Waals surface area contributed by atoms with Crippen LogP contribution < -0.4 is 0 Å². The van der Waals surface area contributed by atoms with E-state index in [0.717, 1.165) is 35.5 Å². The molecule has 1 unspecified atom stereocenters. The van der Waals surface area contributed by atoms with Crippen molar-refractivity contribution in [2.24, 2.45) is 0 Å². The first-order chi connectivity index (χ1) is 10.1. The first-order valence-electron chi connectivity index (χ1n) is 7.16. The second-order valence-electron chi connectivity index (χ2n) is 5.30. The molecule has 21 heavy (non-hydrogen) atoms. The molecule has 0 fully saturated rings. The number of hydrogen-bond acceptors (Lipinski definition) is 2. The third-order valence-electron chi connectivity index (χ3n) is 3.61. The highest BCUT2D eigenvalue weighted by molar-refractivity contribution is 6.20. The number of pyridine rings is 1. The fraction of sp³-hybridized carbons (Fsp3) is 0.294. The van der Waals surface area contributed by atoms with Crippen LogP contribution in [0.3, 0.4) is 0 Å². The number of hydrogen-bond donors (Lipinski definition) is 0. The van der Waals surface area contributed by atoms with Gasteiger partial charge in [-0.15, -0.1) is 11.6 Å². The van der Waals surface area contributed by atoms with Gasteiger partial charge in [-0.1, -0.05) is 12.1 Å². The van der Waals surface area contributed by atoms with Gasteiger partial charge in [0, 0.05) is 24.9 Å². The fourth-order valence-electron chi connectivity index (χ4n) is 2.57. The molecule has 0 aliphatic rings. The van der Waals surface area contributed by atoms with E-state index in [1.807, 2.05) is 31.3 Å². The minimum atomic E-state index is -0.110. The van der Waals surface area contributed by atoms with Crippen molar-refractivity contribution in [3.63, 3.8) is 0 Å². The lowest BCUT2D eigenvalue weighted by atomic mass is 10.2. The zero-order chi connectivity index (χ0) is 14.8. The predicted molar refractivity (Wildman–Crippen MR) is 86.7 cm³/mol. The maximum atomic E-state index is 6.30. The topological polar surface area (TPSA) is 30.7 Å². The van der Waals surface area contributed by atoms with E-state index < -0.39 is 0 Å². The maximum absolute atomic E-state index is 6.30. The zero-order valence-electron chi connectivity index (χ0n) is 12.3. The Morgan fingerprint density at radius 3 is 2.81 bits per heavy atom. The first-order valence-corrected chi connectivity index (χ1v) is 7.59. The van der Waals surface area contributed by atoms with Gasteiger partial charge in [0.2, 0.25) is 0 Å². The highest BCUT2D eigenvalue weighted by atomic mass is 35.5. The summed E-state index contributed by atoms with van der Waals surface area (Å²) in [5, 5.41) is -0.110. The van der Waals surface area contributed by atoms with E-state index in [-0.39, 0.29) is 5.38 Å². The molecule has 1 aromatic carbocycles. The molecule has 0 saturated heterocycles. The molecule has 0 amide bonds. The van der Waals surface area contributed by atoms with E-state index in [1.165, 1.54) is 5.56 Å². The molecule has 0 aliphatic heterocycles. The van der Waals surface area contributed by atoms with Gasteiger partial charge in [0.1, 0.15) is 5.82 Å². The number of aryl methyl sites for hydroxylation is 3. The third-order valence-corrected chi connectivity index (χ3v) is 3.80. The van der Waals surface area contributed by atoms with Crippen molar-refractivity contribution in [2.75, 3.05) is 0 Å². The highest BCUT2D eigenvalue weighted by Gasteiger charge is 2.14. The summed E-state index contributed by atoms with van der Waals surface area (Å²) in [5.74, 6) is 0.924. The second-order valence-corrected chi connectivity index (χ2v) is 5.96. The van der Waals surface area contributed by atoms with Gasteiger partial charge >= 0.3 is 0 Å². The van der Waals surface area contributed by atoms with Crippen molar-refractivity contribution in [1.29, 1.82) is 0 Å². The molecule has 2 heterocycles. The van der Waals surface area contributed by atoms with Crippen molar-refractivity contribution in [3.05, 3.63) is 59.7 Å². The van der Waals surface area contributed by atoms with Gasteiger partial charge in [0.15, 0.2) is 0 Å². The molecule has 0 saturated carbocycles. The molecule has 3 aromatic rings. The van der Waals surface area contributed by atoms with E-state index in [0.29, 0.717) is 0 Å². The van der Waals surface area contributed by atoms with Gasteiger partial charge < -0.3 is 4.57 Å². The Morgan fingerprint density at radius 2 is 2.10 bits per heavy atom. The van der Waals surface area contributed by atoms with Crippen LogP contribution >= 0.6 is 11.6 Å². The average molecular weight is 300 g/mol. The third kappa shape index (κ3) is 2.93. The van der Waals surface area contributed by atoms with E-state index in [1.54, 1.807) is 0 Å². The molecule has 0 N–H and O–H groups in total. The quantitative estimate of drug-likeness (QED) is 0.673. The average Bonchev–Trinajstić information content (AvgIpc) is 2.84. The molecular weight excluding hydrogens is 282 g/mol. The first kappa shape index (κ1) is 14.1. The Balaban J connectivity index is 1.97. The van der Waals surface area contributed by atoms with Crippen LogP contribution in [-0.2, 0) is 13.0 Å². The van der Waals surface area contributed by atoms with E-state index in [9.17, 15) is 0 Å². The summed E-state index contributed by atoms with van der Waals surface area (Å²) in [4.78, 5) is 9.08. The smallest absolute Gasteiger partial charge is 0.127 e. The van der Waals surface area contributed by atoms with Crippen molar-refractivity contribution in [3.8, 4) is 0 Å². The molecule has 1 atom stereocenters. The summed E-state index contributed by atoms with van der Waals surface area (Å²) in [6.07, 6.45) is 2.70. The van der Waals surface area contributed by atoms with Crippen LogP contribution in [0.2, 0.25) is 0 Å². The number of aromatic nitrogens is 3. The number of imidazole rings is 1. The van der Waals surface area contributed by atoms with Crippen LogP contribution in [0, 0.1) is 6.92 Å². The van der Waals surface area contributed by atoms with E-state index in [2.05, 4.69) is 34.7 Å². The molecule has 4 heteroatoms. The van der Waals surface area contributed by atoms with Crippen LogP contribution in [-0.4, -0.2) is 14.5 Å². The molecule has 0 spiro atoms. The van der Waals surface area contributed by atoms with Gasteiger partial charge in [0.05, 0.1) is 16.4 Å². The Hall–Kier alpha value is -1.87. The SMILES string of the molecule is Cc1ccc2c(c1)nc(C(C)Cl)n2CCc1ccccn1. The number of nitrogens with zero attached hydrogens (tertiary/aromatic N) is 3. The minimum Gasteiger partial charge on any atom is -0.326 e. The summed E-state index contributed by atoms with van der Waals surface area (Å²) in [6, 6.07) is 12.3. The Labute approximate surface area is 129 Å². The molecule has 0 bridgehead atoms. The number of benzene rings is 1. The summed E-state index contributed by atoms with van der Waals surface area (Å²) in [6.45, 7) is 4.88. The normalized spacial score (nSPS) is 12.7. The molecule has 0 radical (unpaired) electrons. The Morgan fingerprint density at radius 1 is 1.24 bits per heavy atom. The fourth-order valence-corrected chi connectivity index (χ4v) is 2.74.